The topological polar surface area (TPSA) is 20.2 Å². The van der Waals surface area contributed by atoms with Crippen molar-refractivity contribution in [2.75, 3.05) is 6.61 Å². The molecule has 0 aromatic carbocycles. The largest absolute Gasteiger partial charge is 0.396 e. The molecule has 0 aliphatic carbocycles. The van der Waals surface area contributed by atoms with Crippen molar-refractivity contribution in [2.24, 2.45) is 0 Å². The van der Waals surface area contributed by atoms with E-state index in [4.69, 9.17) is 5.11 Å². The van der Waals surface area contributed by atoms with Gasteiger partial charge in [-0.05, 0) is 19.3 Å². The molecule has 14 heavy (non-hydrogen) atoms. The van der Waals surface area contributed by atoms with Gasteiger partial charge >= 0.3 is 0 Å². The SMILES string of the molecule is CCCCCCCC/C(F)=C/CCO. The molecule has 0 rings (SSSR count). The third-order valence-electron chi connectivity index (χ3n) is 2.26. The maximum atomic E-state index is 12.9. The summed E-state index contributed by atoms with van der Waals surface area (Å²) in [5.41, 5.74) is 0. The van der Waals surface area contributed by atoms with Gasteiger partial charge in [0.05, 0.1) is 5.83 Å². The summed E-state index contributed by atoms with van der Waals surface area (Å²) in [5.74, 6) is -0.0606. The molecule has 0 saturated heterocycles. The van der Waals surface area contributed by atoms with Gasteiger partial charge in [-0.3, -0.25) is 0 Å². The van der Waals surface area contributed by atoms with E-state index in [9.17, 15) is 4.39 Å². The van der Waals surface area contributed by atoms with Gasteiger partial charge in [-0.15, -0.1) is 0 Å². The van der Waals surface area contributed by atoms with E-state index in [0.717, 1.165) is 12.8 Å². The first-order valence-corrected chi connectivity index (χ1v) is 5.76. The fraction of sp³-hybridized carbons (Fsp3) is 0.833. The van der Waals surface area contributed by atoms with Crippen LogP contribution in [0.25, 0.3) is 0 Å². The number of aliphatic hydroxyl groups is 1. The van der Waals surface area contributed by atoms with Crippen molar-refractivity contribution in [3.8, 4) is 0 Å². The van der Waals surface area contributed by atoms with Gasteiger partial charge < -0.3 is 5.11 Å². The molecular formula is C12H23FO. The third-order valence-corrected chi connectivity index (χ3v) is 2.26. The Labute approximate surface area is 87.0 Å². The van der Waals surface area contributed by atoms with Crippen LogP contribution in [-0.4, -0.2) is 11.7 Å². The lowest BCUT2D eigenvalue weighted by Gasteiger charge is -1.99. The molecule has 0 aromatic heterocycles. The summed E-state index contributed by atoms with van der Waals surface area (Å²) in [4.78, 5) is 0. The lowest BCUT2D eigenvalue weighted by atomic mass is 10.1. The maximum absolute atomic E-state index is 12.9. The van der Waals surface area contributed by atoms with Crippen LogP contribution >= 0.6 is 0 Å². The van der Waals surface area contributed by atoms with E-state index in [2.05, 4.69) is 6.92 Å². The van der Waals surface area contributed by atoms with Crippen LogP contribution in [-0.2, 0) is 0 Å². The molecule has 0 unspecified atom stereocenters. The standard InChI is InChI=1S/C12H23FO/c1-2-3-4-5-6-7-9-12(13)10-8-11-14/h10,14H,2-9,11H2,1H3/b12-10-. The molecule has 1 N–H and O–H groups in total. The predicted molar refractivity (Wildman–Crippen MR) is 58.9 cm³/mol. The number of aliphatic hydroxyl groups excluding tert-OH is 1. The highest BCUT2D eigenvalue weighted by Crippen LogP contribution is 2.12. The summed E-state index contributed by atoms with van der Waals surface area (Å²) >= 11 is 0. The first-order chi connectivity index (χ1) is 6.81. The Morgan fingerprint density at radius 3 is 2.43 bits per heavy atom. The van der Waals surface area contributed by atoms with Gasteiger partial charge in [0.1, 0.15) is 0 Å². The van der Waals surface area contributed by atoms with Crippen LogP contribution in [0.5, 0.6) is 0 Å². The van der Waals surface area contributed by atoms with Gasteiger partial charge in [0.2, 0.25) is 0 Å². The number of unbranched alkanes of at least 4 members (excludes halogenated alkanes) is 5. The number of rotatable bonds is 9. The van der Waals surface area contributed by atoms with E-state index in [-0.39, 0.29) is 12.4 Å². The Hall–Kier alpha value is -0.370. The van der Waals surface area contributed by atoms with Crippen LogP contribution in [0, 0.1) is 0 Å². The number of allylic oxidation sites excluding steroid dienone is 1. The van der Waals surface area contributed by atoms with Gasteiger partial charge in [0, 0.05) is 6.61 Å². The number of hydrogen-bond acceptors (Lipinski definition) is 1. The van der Waals surface area contributed by atoms with Crippen LogP contribution in [0.4, 0.5) is 4.39 Å². The second kappa shape index (κ2) is 10.7. The summed E-state index contributed by atoms with van der Waals surface area (Å²) in [6, 6.07) is 0. The average molecular weight is 202 g/mol. The minimum absolute atomic E-state index is 0.0456. The molecule has 0 heterocycles. The van der Waals surface area contributed by atoms with Crippen LogP contribution in [0.2, 0.25) is 0 Å². The molecule has 1 nitrogen and oxygen atoms in total. The fourth-order valence-corrected chi connectivity index (χ4v) is 1.40. The van der Waals surface area contributed by atoms with E-state index < -0.39 is 0 Å². The monoisotopic (exact) mass is 202 g/mol. The van der Waals surface area contributed by atoms with Crippen molar-refractivity contribution in [3.05, 3.63) is 11.9 Å². The van der Waals surface area contributed by atoms with E-state index in [1.807, 2.05) is 0 Å². The fourth-order valence-electron chi connectivity index (χ4n) is 1.40. The van der Waals surface area contributed by atoms with Gasteiger partial charge in [-0.1, -0.05) is 45.1 Å². The molecule has 0 fully saturated rings. The molecule has 0 radical (unpaired) electrons. The zero-order chi connectivity index (χ0) is 10.6. The Morgan fingerprint density at radius 2 is 1.79 bits per heavy atom. The van der Waals surface area contributed by atoms with Gasteiger partial charge in [-0.2, -0.15) is 0 Å². The third kappa shape index (κ3) is 9.72. The minimum Gasteiger partial charge on any atom is -0.396 e. The molecule has 0 bridgehead atoms. The van der Waals surface area contributed by atoms with E-state index in [1.54, 1.807) is 0 Å². The van der Waals surface area contributed by atoms with Gasteiger partial charge in [0.15, 0.2) is 0 Å². The lowest BCUT2D eigenvalue weighted by Crippen LogP contribution is -1.82. The van der Waals surface area contributed by atoms with Crippen molar-refractivity contribution >= 4 is 0 Å². The number of hydrogen-bond donors (Lipinski definition) is 1. The molecule has 0 aromatic rings. The van der Waals surface area contributed by atoms with E-state index >= 15 is 0 Å². The summed E-state index contributed by atoms with van der Waals surface area (Å²) < 4.78 is 12.9. The molecule has 0 atom stereocenters. The second-order valence-corrected chi connectivity index (χ2v) is 3.68. The van der Waals surface area contributed by atoms with Crippen LogP contribution in [0.1, 0.15) is 58.3 Å². The van der Waals surface area contributed by atoms with Crippen molar-refractivity contribution < 1.29 is 9.50 Å². The molecule has 0 spiro atoms. The summed E-state index contributed by atoms with van der Waals surface area (Å²) in [6.45, 7) is 2.24. The van der Waals surface area contributed by atoms with E-state index in [0.29, 0.717) is 12.8 Å². The number of halogens is 1. The Morgan fingerprint density at radius 1 is 1.14 bits per heavy atom. The zero-order valence-electron chi connectivity index (χ0n) is 9.27. The highest BCUT2D eigenvalue weighted by molar-refractivity contribution is 4.90. The molecule has 84 valence electrons. The van der Waals surface area contributed by atoms with E-state index in [1.165, 1.54) is 31.8 Å². The predicted octanol–water partition coefficient (Wildman–Crippen LogP) is 3.97. The van der Waals surface area contributed by atoms with Crippen LogP contribution in [0.15, 0.2) is 11.9 Å². The smallest absolute Gasteiger partial charge is 0.0960 e. The highest BCUT2D eigenvalue weighted by atomic mass is 19.1. The average Bonchev–Trinajstić information content (AvgIpc) is 2.20. The molecule has 2 heteroatoms. The normalized spacial score (nSPS) is 12.1. The summed E-state index contributed by atoms with van der Waals surface area (Å²) in [6.07, 6.45) is 9.60. The summed E-state index contributed by atoms with van der Waals surface area (Å²) in [7, 11) is 0. The van der Waals surface area contributed by atoms with Crippen LogP contribution < -0.4 is 0 Å². The van der Waals surface area contributed by atoms with Crippen molar-refractivity contribution in [3.63, 3.8) is 0 Å². The zero-order valence-corrected chi connectivity index (χ0v) is 9.27. The first-order valence-electron chi connectivity index (χ1n) is 5.76. The van der Waals surface area contributed by atoms with Crippen molar-refractivity contribution in [1.82, 2.24) is 0 Å². The molecule has 0 aliphatic rings. The first kappa shape index (κ1) is 13.6. The van der Waals surface area contributed by atoms with Crippen LogP contribution in [0.3, 0.4) is 0 Å². The second-order valence-electron chi connectivity index (χ2n) is 3.68. The quantitative estimate of drug-likeness (QED) is 0.561. The van der Waals surface area contributed by atoms with Gasteiger partial charge in [-0.25, -0.2) is 4.39 Å². The molecule has 0 saturated carbocycles. The highest BCUT2D eigenvalue weighted by Gasteiger charge is 1.95. The molecule has 0 aliphatic heterocycles. The maximum Gasteiger partial charge on any atom is 0.0960 e. The molecular weight excluding hydrogens is 179 g/mol. The van der Waals surface area contributed by atoms with Gasteiger partial charge in [0.25, 0.3) is 0 Å². The Balaban J connectivity index is 3.18. The molecule has 0 amide bonds. The minimum atomic E-state index is -0.0606. The van der Waals surface area contributed by atoms with Crippen molar-refractivity contribution in [1.29, 1.82) is 0 Å². The van der Waals surface area contributed by atoms with Crippen molar-refractivity contribution in [2.45, 2.75) is 58.3 Å². The Kier molecular flexibility index (Phi) is 10.4. The Bertz CT molecular complexity index is 143. The summed E-state index contributed by atoms with van der Waals surface area (Å²) in [5, 5.41) is 8.47. The lowest BCUT2D eigenvalue weighted by molar-refractivity contribution is 0.301.